The summed E-state index contributed by atoms with van der Waals surface area (Å²) >= 11 is 0. The first-order chi connectivity index (χ1) is 8.02. The highest BCUT2D eigenvalue weighted by Crippen LogP contribution is 2.40. The van der Waals surface area contributed by atoms with Crippen LogP contribution in [0.3, 0.4) is 0 Å². The highest BCUT2D eigenvalue weighted by atomic mass is 14.2. The zero-order valence-corrected chi connectivity index (χ0v) is 11.6. The molecule has 0 bridgehead atoms. The summed E-state index contributed by atoms with van der Waals surface area (Å²) in [7, 11) is 0. The quantitative estimate of drug-likeness (QED) is 0.640. The standard InChI is InChI=1S/C17H22/c1-11(2)15-8-6-7-9-16(15)17-10-12(3)13(4)14(17)5/h6-9,11H,10H2,1-5H3. The van der Waals surface area contributed by atoms with E-state index in [9.17, 15) is 0 Å². The average molecular weight is 226 g/mol. The number of hydrogen-bond acceptors (Lipinski definition) is 0. The summed E-state index contributed by atoms with van der Waals surface area (Å²) < 4.78 is 0. The second-order valence-electron chi connectivity index (χ2n) is 5.43. The van der Waals surface area contributed by atoms with Gasteiger partial charge in [-0.1, -0.05) is 43.7 Å². The highest BCUT2D eigenvalue weighted by molar-refractivity contribution is 5.79. The lowest BCUT2D eigenvalue weighted by molar-refractivity contribution is 0.861. The Balaban J connectivity index is 2.51. The molecule has 90 valence electrons. The lowest BCUT2D eigenvalue weighted by Crippen LogP contribution is -1.95. The van der Waals surface area contributed by atoms with Gasteiger partial charge in [0.05, 0.1) is 0 Å². The molecule has 1 aromatic carbocycles. The van der Waals surface area contributed by atoms with Crippen LogP contribution < -0.4 is 0 Å². The van der Waals surface area contributed by atoms with E-state index in [1.54, 1.807) is 0 Å². The molecule has 0 nitrogen and oxygen atoms in total. The van der Waals surface area contributed by atoms with Crippen molar-refractivity contribution in [1.29, 1.82) is 0 Å². The lowest BCUT2D eigenvalue weighted by atomic mass is 9.90. The van der Waals surface area contributed by atoms with E-state index in [-0.39, 0.29) is 0 Å². The van der Waals surface area contributed by atoms with Crippen molar-refractivity contribution < 1.29 is 0 Å². The molecule has 1 aromatic rings. The van der Waals surface area contributed by atoms with E-state index >= 15 is 0 Å². The molecule has 0 aromatic heterocycles. The van der Waals surface area contributed by atoms with Crippen molar-refractivity contribution >= 4 is 5.57 Å². The van der Waals surface area contributed by atoms with Gasteiger partial charge in [-0.25, -0.2) is 0 Å². The molecule has 0 aliphatic heterocycles. The van der Waals surface area contributed by atoms with E-state index in [0.29, 0.717) is 5.92 Å². The maximum Gasteiger partial charge on any atom is -0.00553 e. The molecule has 0 heteroatoms. The predicted molar refractivity (Wildman–Crippen MR) is 76.1 cm³/mol. The van der Waals surface area contributed by atoms with Gasteiger partial charge in [-0.05, 0) is 61.0 Å². The monoisotopic (exact) mass is 226 g/mol. The summed E-state index contributed by atoms with van der Waals surface area (Å²) in [5.41, 5.74) is 8.95. The molecular weight excluding hydrogens is 204 g/mol. The molecular formula is C17H22. The molecule has 0 spiro atoms. The van der Waals surface area contributed by atoms with Crippen molar-refractivity contribution in [3.8, 4) is 0 Å². The van der Waals surface area contributed by atoms with E-state index in [2.05, 4.69) is 58.9 Å². The van der Waals surface area contributed by atoms with E-state index in [1.807, 2.05) is 0 Å². The molecule has 0 unspecified atom stereocenters. The number of allylic oxidation sites excluding steroid dienone is 4. The summed E-state index contributed by atoms with van der Waals surface area (Å²) in [6, 6.07) is 8.85. The first-order valence-corrected chi connectivity index (χ1v) is 6.48. The number of rotatable bonds is 2. The van der Waals surface area contributed by atoms with Gasteiger partial charge in [-0.2, -0.15) is 0 Å². The summed E-state index contributed by atoms with van der Waals surface area (Å²) in [5.74, 6) is 0.590. The van der Waals surface area contributed by atoms with Crippen LogP contribution in [0, 0.1) is 0 Å². The molecule has 0 radical (unpaired) electrons. The third-order valence-corrected chi connectivity index (χ3v) is 4.01. The van der Waals surface area contributed by atoms with Crippen LogP contribution in [0.5, 0.6) is 0 Å². The first kappa shape index (κ1) is 12.2. The Morgan fingerprint density at radius 2 is 1.59 bits per heavy atom. The van der Waals surface area contributed by atoms with E-state index in [4.69, 9.17) is 0 Å². The lowest BCUT2D eigenvalue weighted by Gasteiger charge is -2.15. The van der Waals surface area contributed by atoms with Crippen molar-refractivity contribution in [1.82, 2.24) is 0 Å². The minimum absolute atomic E-state index is 0.590. The van der Waals surface area contributed by atoms with Crippen molar-refractivity contribution in [2.45, 2.75) is 47.0 Å². The number of benzene rings is 1. The minimum atomic E-state index is 0.590. The topological polar surface area (TPSA) is 0 Å². The summed E-state index contributed by atoms with van der Waals surface area (Å²) in [6.45, 7) is 11.3. The zero-order valence-electron chi connectivity index (χ0n) is 11.6. The third kappa shape index (κ3) is 2.09. The number of hydrogen-bond donors (Lipinski definition) is 0. The molecule has 0 N–H and O–H groups in total. The zero-order chi connectivity index (χ0) is 12.6. The molecule has 1 aliphatic rings. The molecule has 2 rings (SSSR count). The van der Waals surface area contributed by atoms with Crippen LogP contribution in [0.1, 0.15) is 58.1 Å². The van der Waals surface area contributed by atoms with Crippen LogP contribution in [0.4, 0.5) is 0 Å². The molecule has 0 atom stereocenters. The van der Waals surface area contributed by atoms with E-state index in [1.165, 1.54) is 33.4 Å². The Morgan fingerprint density at radius 1 is 0.941 bits per heavy atom. The molecule has 1 aliphatic carbocycles. The summed E-state index contributed by atoms with van der Waals surface area (Å²) in [5, 5.41) is 0. The van der Waals surface area contributed by atoms with Crippen LogP contribution >= 0.6 is 0 Å². The fraction of sp³-hybridized carbons (Fsp3) is 0.412. The molecule has 0 fully saturated rings. The van der Waals surface area contributed by atoms with Gasteiger partial charge >= 0.3 is 0 Å². The van der Waals surface area contributed by atoms with Crippen LogP contribution in [-0.2, 0) is 0 Å². The van der Waals surface area contributed by atoms with Crippen LogP contribution in [0.25, 0.3) is 5.57 Å². The van der Waals surface area contributed by atoms with Crippen LogP contribution in [0.2, 0.25) is 0 Å². The molecule has 17 heavy (non-hydrogen) atoms. The normalized spacial score (nSPS) is 16.4. The van der Waals surface area contributed by atoms with Crippen molar-refractivity contribution in [3.63, 3.8) is 0 Å². The molecule has 0 amide bonds. The SMILES string of the molecule is CC1=C(C)C(C)=C(c2ccccc2C(C)C)C1. The summed E-state index contributed by atoms with van der Waals surface area (Å²) in [6.07, 6.45) is 1.13. The first-order valence-electron chi connectivity index (χ1n) is 6.48. The Morgan fingerprint density at radius 3 is 2.12 bits per heavy atom. The van der Waals surface area contributed by atoms with Gasteiger partial charge in [0.1, 0.15) is 0 Å². The van der Waals surface area contributed by atoms with Gasteiger partial charge < -0.3 is 0 Å². The molecule has 0 saturated carbocycles. The third-order valence-electron chi connectivity index (χ3n) is 4.01. The Kier molecular flexibility index (Phi) is 3.24. The largest absolute Gasteiger partial charge is 0.0657 e. The Bertz CT molecular complexity index is 499. The minimum Gasteiger partial charge on any atom is -0.0657 e. The van der Waals surface area contributed by atoms with Gasteiger partial charge in [0.15, 0.2) is 0 Å². The maximum atomic E-state index is 2.28. The second-order valence-corrected chi connectivity index (χ2v) is 5.43. The van der Waals surface area contributed by atoms with Gasteiger partial charge in [0.2, 0.25) is 0 Å². The second kappa shape index (κ2) is 4.52. The van der Waals surface area contributed by atoms with Crippen molar-refractivity contribution in [2.75, 3.05) is 0 Å². The summed E-state index contributed by atoms with van der Waals surface area (Å²) in [4.78, 5) is 0. The molecule has 0 saturated heterocycles. The highest BCUT2D eigenvalue weighted by Gasteiger charge is 2.19. The van der Waals surface area contributed by atoms with Gasteiger partial charge in [0, 0.05) is 0 Å². The van der Waals surface area contributed by atoms with Crippen LogP contribution in [0.15, 0.2) is 41.0 Å². The fourth-order valence-corrected chi connectivity index (χ4v) is 2.65. The Labute approximate surface area is 105 Å². The maximum absolute atomic E-state index is 2.28. The van der Waals surface area contributed by atoms with Crippen molar-refractivity contribution in [2.24, 2.45) is 0 Å². The smallest absolute Gasteiger partial charge is 0.00553 e. The predicted octanol–water partition coefficient (Wildman–Crippen LogP) is 5.32. The van der Waals surface area contributed by atoms with Gasteiger partial charge in [-0.15, -0.1) is 0 Å². The molecule has 0 heterocycles. The average Bonchev–Trinajstić information content (AvgIpc) is 2.57. The van der Waals surface area contributed by atoms with E-state index < -0.39 is 0 Å². The fourth-order valence-electron chi connectivity index (χ4n) is 2.65. The van der Waals surface area contributed by atoms with Crippen molar-refractivity contribution in [3.05, 3.63) is 52.1 Å². The van der Waals surface area contributed by atoms with Crippen LogP contribution in [-0.4, -0.2) is 0 Å². The van der Waals surface area contributed by atoms with Gasteiger partial charge in [-0.3, -0.25) is 0 Å². The Hall–Kier alpha value is -1.30. The van der Waals surface area contributed by atoms with Gasteiger partial charge in [0.25, 0.3) is 0 Å². The van der Waals surface area contributed by atoms with E-state index in [0.717, 1.165) is 6.42 Å².